The normalized spacial score (nSPS) is 26.7. The molecule has 1 fully saturated rings. The zero-order valence-electron chi connectivity index (χ0n) is 4.19. The summed E-state index contributed by atoms with van der Waals surface area (Å²) in [6, 6.07) is 0.116. The zero-order valence-corrected chi connectivity index (χ0v) is 4.19. The van der Waals surface area contributed by atoms with Crippen LogP contribution in [0.5, 0.6) is 0 Å². The fraction of sp³-hybridized carbons (Fsp3) is 0.750. The Balaban J connectivity index is 2.24. The molecule has 1 aliphatic heterocycles. The SMILES string of the molecule is CNC(=O)C1CN1. The van der Waals surface area contributed by atoms with Crippen molar-refractivity contribution in [2.24, 2.45) is 0 Å². The van der Waals surface area contributed by atoms with Crippen molar-refractivity contribution in [3.63, 3.8) is 0 Å². The van der Waals surface area contributed by atoms with E-state index < -0.39 is 0 Å². The summed E-state index contributed by atoms with van der Waals surface area (Å²) in [6.45, 7) is 0.847. The molecule has 1 amide bonds. The van der Waals surface area contributed by atoms with Gasteiger partial charge in [0.2, 0.25) is 5.91 Å². The van der Waals surface area contributed by atoms with Gasteiger partial charge in [-0.1, -0.05) is 0 Å². The number of amides is 1. The molecule has 0 spiro atoms. The summed E-state index contributed by atoms with van der Waals surface area (Å²) in [4.78, 5) is 10.4. The van der Waals surface area contributed by atoms with E-state index in [4.69, 9.17) is 0 Å². The van der Waals surface area contributed by atoms with Crippen LogP contribution in [0.4, 0.5) is 0 Å². The third kappa shape index (κ3) is 0.899. The van der Waals surface area contributed by atoms with E-state index in [2.05, 4.69) is 10.6 Å². The van der Waals surface area contributed by atoms with E-state index in [1.165, 1.54) is 0 Å². The predicted molar refractivity (Wildman–Crippen MR) is 25.9 cm³/mol. The standard InChI is InChI=1S/C4H8N2O/c1-5-4(7)3-2-6-3/h3,6H,2H2,1H3,(H,5,7). The molecular formula is C4H8N2O. The smallest absolute Gasteiger partial charge is 0.238 e. The van der Waals surface area contributed by atoms with E-state index in [-0.39, 0.29) is 11.9 Å². The molecule has 0 aromatic carbocycles. The van der Waals surface area contributed by atoms with Crippen molar-refractivity contribution in [2.75, 3.05) is 13.6 Å². The Bertz CT molecular complexity index is 87.7. The summed E-state index contributed by atoms with van der Waals surface area (Å²) >= 11 is 0. The van der Waals surface area contributed by atoms with Gasteiger partial charge in [0.05, 0.1) is 6.04 Å². The molecule has 3 heteroatoms. The number of likely N-dealkylation sites (N-methyl/N-ethyl adjacent to an activating group) is 1. The summed E-state index contributed by atoms with van der Waals surface area (Å²) in [5.41, 5.74) is 0. The first kappa shape index (κ1) is 4.59. The van der Waals surface area contributed by atoms with Gasteiger partial charge in [-0.05, 0) is 0 Å². The molecule has 1 rings (SSSR count). The number of nitrogens with one attached hydrogen (secondary N) is 2. The quantitative estimate of drug-likeness (QED) is 0.402. The molecule has 7 heavy (non-hydrogen) atoms. The molecule has 0 radical (unpaired) electrons. The predicted octanol–water partition coefficient (Wildman–Crippen LogP) is -1.30. The van der Waals surface area contributed by atoms with E-state index in [9.17, 15) is 4.79 Å². The minimum absolute atomic E-state index is 0.0972. The lowest BCUT2D eigenvalue weighted by Gasteiger charge is -1.88. The largest absolute Gasteiger partial charge is 0.358 e. The third-order valence-corrected chi connectivity index (χ3v) is 0.971. The highest BCUT2D eigenvalue weighted by Crippen LogP contribution is 1.93. The first-order valence-corrected chi connectivity index (χ1v) is 2.29. The molecule has 0 saturated carbocycles. The topological polar surface area (TPSA) is 51.0 Å². The van der Waals surface area contributed by atoms with Crippen LogP contribution in [0.15, 0.2) is 0 Å². The van der Waals surface area contributed by atoms with Crippen molar-refractivity contribution in [1.29, 1.82) is 0 Å². The van der Waals surface area contributed by atoms with Crippen LogP contribution in [0.2, 0.25) is 0 Å². The Morgan fingerprint density at radius 1 is 2.00 bits per heavy atom. The maximum absolute atomic E-state index is 10.4. The van der Waals surface area contributed by atoms with Crippen LogP contribution < -0.4 is 10.6 Å². The van der Waals surface area contributed by atoms with E-state index in [0.29, 0.717) is 0 Å². The minimum atomic E-state index is 0.0972. The van der Waals surface area contributed by atoms with Gasteiger partial charge in [0.25, 0.3) is 0 Å². The van der Waals surface area contributed by atoms with Crippen LogP contribution in [-0.2, 0) is 4.79 Å². The summed E-state index contributed by atoms with van der Waals surface area (Å²) in [6.07, 6.45) is 0. The number of hydrogen-bond acceptors (Lipinski definition) is 2. The van der Waals surface area contributed by atoms with Gasteiger partial charge in [-0.3, -0.25) is 4.79 Å². The molecular weight excluding hydrogens is 92.1 g/mol. The van der Waals surface area contributed by atoms with Gasteiger partial charge < -0.3 is 10.6 Å². The van der Waals surface area contributed by atoms with Crippen LogP contribution in [0, 0.1) is 0 Å². The highest BCUT2D eigenvalue weighted by atomic mass is 16.2. The van der Waals surface area contributed by atoms with Gasteiger partial charge in [0.1, 0.15) is 0 Å². The molecule has 0 bridgehead atoms. The van der Waals surface area contributed by atoms with Crippen LogP contribution >= 0.6 is 0 Å². The molecule has 1 aliphatic rings. The second kappa shape index (κ2) is 1.50. The molecule has 0 aromatic rings. The maximum Gasteiger partial charge on any atom is 0.238 e. The molecule has 1 atom stereocenters. The lowest BCUT2D eigenvalue weighted by atomic mass is 10.4. The zero-order chi connectivity index (χ0) is 5.28. The molecule has 1 unspecified atom stereocenters. The van der Waals surface area contributed by atoms with E-state index in [1.807, 2.05) is 0 Å². The fourth-order valence-electron chi connectivity index (χ4n) is 0.419. The highest BCUT2D eigenvalue weighted by molar-refractivity contribution is 5.84. The number of hydrogen-bond donors (Lipinski definition) is 2. The molecule has 1 saturated heterocycles. The second-order valence-corrected chi connectivity index (χ2v) is 1.58. The second-order valence-electron chi connectivity index (χ2n) is 1.58. The average molecular weight is 100 g/mol. The summed E-state index contributed by atoms with van der Waals surface area (Å²) in [5.74, 6) is 0.0972. The van der Waals surface area contributed by atoms with Crippen LogP contribution in [0.25, 0.3) is 0 Å². The molecule has 2 N–H and O–H groups in total. The monoisotopic (exact) mass is 100 g/mol. The van der Waals surface area contributed by atoms with Gasteiger partial charge in [-0.25, -0.2) is 0 Å². The maximum atomic E-state index is 10.4. The lowest BCUT2D eigenvalue weighted by Crippen LogP contribution is -2.24. The van der Waals surface area contributed by atoms with Crippen LogP contribution in [-0.4, -0.2) is 25.5 Å². The van der Waals surface area contributed by atoms with Crippen molar-refractivity contribution in [1.82, 2.24) is 10.6 Å². The van der Waals surface area contributed by atoms with Crippen LogP contribution in [0.1, 0.15) is 0 Å². The molecule has 1 heterocycles. The van der Waals surface area contributed by atoms with Gasteiger partial charge in [0.15, 0.2) is 0 Å². The molecule has 0 aliphatic carbocycles. The summed E-state index contributed by atoms with van der Waals surface area (Å²) < 4.78 is 0. The van der Waals surface area contributed by atoms with Gasteiger partial charge >= 0.3 is 0 Å². The Hall–Kier alpha value is -0.570. The number of rotatable bonds is 1. The number of carbonyl (C=O) groups is 1. The fourth-order valence-corrected chi connectivity index (χ4v) is 0.419. The van der Waals surface area contributed by atoms with Gasteiger partial charge in [0, 0.05) is 13.6 Å². The van der Waals surface area contributed by atoms with E-state index in [0.717, 1.165) is 6.54 Å². The summed E-state index contributed by atoms with van der Waals surface area (Å²) in [5, 5.41) is 5.40. The Morgan fingerprint density at radius 2 is 2.57 bits per heavy atom. The first-order valence-electron chi connectivity index (χ1n) is 2.29. The Morgan fingerprint density at radius 3 is 2.71 bits per heavy atom. The lowest BCUT2D eigenvalue weighted by molar-refractivity contribution is -0.120. The van der Waals surface area contributed by atoms with Gasteiger partial charge in [-0.15, -0.1) is 0 Å². The summed E-state index contributed by atoms with van der Waals surface area (Å²) in [7, 11) is 1.64. The minimum Gasteiger partial charge on any atom is -0.358 e. The highest BCUT2D eigenvalue weighted by Gasteiger charge is 2.26. The third-order valence-electron chi connectivity index (χ3n) is 0.971. The van der Waals surface area contributed by atoms with E-state index >= 15 is 0 Å². The van der Waals surface area contributed by atoms with Crippen molar-refractivity contribution in [3.8, 4) is 0 Å². The number of carbonyl (C=O) groups excluding carboxylic acids is 1. The molecule has 40 valence electrons. The average Bonchev–Trinajstić information content (AvgIpc) is 2.44. The van der Waals surface area contributed by atoms with Crippen molar-refractivity contribution in [2.45, 2.75) is 6.04 Å². The van der Waals surface area contributed by atoms with Crippen molar-refractivity contribution in [3.05, 3.63) is 0 Å². The molecule has 0 aromatic heterocycles. The Kier molecular flexibility index (Phi) is 0.982. The van der Waals surface area contributed by atoms with Crippen molar-refractivity contribution < 1.29 is 4.79 Å². The first-order chi connectivity index (χ1) is 3.34. The van der Waals surface area contributed by atoms with Gasteiger partial charge in [-0.2, -0.15) is 0 Å². The van der Waals surface area contributed by atoms with Crippen molar-refractivity contribution >= 4 is 5.91 Å². The van der Waals surface area contributed by atoms with Crippen LogP contribution in [0.3, 0.4) is 0 Å². The molecule has 3 nitrogen and oxygen atoms in total. The Labute approximate surface area is 42.1 Å². The van der Waals surface area contributed by atoms with E-state index in [1.54, 1.807) is 7.05 Å².